The molecule has 98 valence electrons. The lowest BCUT2D eigenvalue weighted by molar-refractivity contribution is 0.102. The average Bonchev–Trinajstić information content (AvgIpc) is 2.33. The number of hydrogen-bond acceptors (Lipinski definition) is 1. The molecule has 0 aliphatic carbocycles. The third-order valence-corrected chi connectivity index (χ3v) is 3.51. The third kappa shape index (κ3) is 3.33. The van der Waals surface area contributed by atoms with Gasteiger partial charge in [0.05, 0.1) is 0 Å². The Morgan fingerprint density at radius 3 is 2.74 bits per heavy atom. The van der Waals surface area contributed by atoms with E-state index >= 15 is 0 Å². The fourth-order valence-corrected chi connectivity index (χ4v) is 2.26. The maximum Gasteiger partial charge on any atom is 0.255 e. The highest BCUT2D eigenvalue weighted by Gasteiger charge is 2.10. The Hall–Kier alpha value is -1.39. The number of carbonyl (C=O) groups is 1. The Morgan fingerprint density at radius 2 is 2.05 bits per heavy atom. The number of rotatable bonds is 2. The predicted octanol–water partition coefficient (Wildman–Crippen LogP) is 4.80. The summed E-state index contributed by atoms with van der Waals surface area (Å²) in [5.41, 5.74) is 1.62. The number of anilines is 1. The van der Waals surface area contributed by atoms with Crippen LogP contribution < -0.4 is 5.32 Å². The number of halogens is 3. The topological polar surface area (TPSA) is 29.1 Å². The highest BCUT2D eigenvalue weighted by atomic mass is 79.9. The van der Waals surface area contributed by atoms with E-state index in [-0.39, 0.29) is 11.5 Å². The zero-order valence-corrected chi connectivity index (χ0v) is 12.3. The SMILES string of the molecule is Cc1c(Cl)cccc1NC(=O)c1cc(F)cc(Br)c1. The molecule has 2 aromatic rings. The molecule has 0 radical (unpaired) electrons. The van der Waals surface area contributed by atoms with E-state index in [1.165, 1.54) is 12.1 Å². The van der Waals surface area contributed by atoms with Crippen molar-refractivity contribution < 1.29 is 9.18 Å². The number of hydrogen-bond donors (Lipinski definition) is 1. The van der Waals surface area contributed by atoms with Crippen LogP contribution in [-0.4, -0.2) is 5.91 Å². The Labute approximate surface area is 123 Å². The lowest BCUT2D eigenvalue weighted by Gasteiger charge is -2.09. The van der Waals surface area contributed by atoms with Gasteiger partial charge in [-0.2, -0.15) is 0 Å². The smallest absolute Gasteiger partial charge is 0.255 e. The van der Waals surface area contributed by atoms with Gasteiger partial charge in [-0.15, -0.1) is 0 Å². The standard InChI is InChI=1S/C14H10BrClFNO/c1-8-12(16)3-2-4-13(8)18-14(19)9-5-10(15)7-11(17)6-9/h2-7H,1H3,(H,18,19). The first-order chi connectivity index (χ1) is 8.97. The molecule has 0 aromatic heterocycles. The van der Waals surface area contributed by atoms with Crippen molar-refractivity contribution in [1.29, 1.82) is 0 Å². The number of carbonyl (C=O) groups excluding carboxylic acids is 1. The van der Waals surface area contributed by atoms with Gasteiger partial charge in [0.15, 0.2) is 0 Å². The van der Waals surface area contributed by atoms with Crippen molar-refractivity contribution in [1.82, 2.24) is 0 Å². The van der Waals surface area contributed by atoms with E-state index in [1.807, 2.05) is 0 Å². The van der Waals surface area contributed by atoms with E-state index in [1.54, 1.807) is 31.2 Å². The summed E-state index contributed by atoms with van der Waals surface area (Å²) < 4.78 is 13.8. The summed E-state index contributed by atoms with van der Waals surface area (Å²) >= 11 is 9.13. The molecule has 5 heteroatoms. The zero-order valence-electron chi connectivity index (χ0n) is 10.0. The van der Waals surface area contributed by atoms with Crippen molar-refractivity contribution in [3.05, 3.63) is 62.8 Å². The minimum absolute atomic E-state index is 0.242. The van der Waals surface area contributed by atoms with Gasteiger partial charge in [0.1, 0.15) is 5.82 Å². The van der Waals surface area contributed by atoms with Crippen LogP contribution in [0.25, 0.3) is 0 Å². The quantitative estimate of drug-likeness (QED) is 0.834. The molecule has 0 spiro atoms. The minimum atomic E-state index is -0.470. The lowest BCUT2D eigenvalue weighted by Crippen LogP contribution is -2.13. The average molecular weight is 343 g/mol. The van der Waals surface area contributed by atoms with Crippen LogP contribution in [-0.2, 0) is 0 Å². The van der Waals surface area contributed by atoms with Crippen LogP contribution >= 0.6 is 27.5 Å². The molecule has 0 aliphatic rings. The Bertz CT molecular complexity index is 625. The molecule has 0 unspecified atom stereocenters. The molecule has 0 heterocycles. The van der Waals surface area contributed by atoms with Crippen molar-refractivity contribution in [3.8, 4) is 0 Å². The van der Waals surface area contributed by atoms with Gasteiger partial charge >= 0.3 is 0 Å². The minimum Gasteiger partial charge on any atom is -0.322 e. The molecular formula is C14H10BrClFNO. The highest BCUT2D eigenvalue weighted by molar-refractivity contribution is 9.10. The molecule has 0 bridgehead atoms. The van der Waals surface area contributed by atoms with E-state index in [4.69, 9.17) is 11.6 Å². The van der Waals surface area contributed by atoms with Crippen LogP contribution in [0.5, 0.6) is 0 Å². The molecule has 1 amide bonds. The molecule has 1 N–H and O–H groups in total. The summed E-state index contributed by atoms with van der Waals surface area (Å²) in [4.78, 5) is 12.0. The lowest BCUT2D eigenvalue weighted by atomic mass is 10.1. The normalized spacial score (nSPS) is 10.3. The third-order valence-electron chi connectivity index (χ3n) is 2.64. The van der Waals surface area contributed by atoms with Crippen LogP contribution in [0.15, 0.2) is 40.9 Å². The highest BCUT2D eigenvalue weighted by Crippen LogP contribution is 2.24. The van der Waals surface area contributed by atoms with Crippen molar-refractivity contribution in [2.75, 3.05) is 5.32 Å². The monoisotopic (exact) mass is 341 g/mol. The van der Waals surface area contributed by atoms with Gasteiger partial charge < -0.3 is 5.32 Å². The van der Waals surface area contributed by atoms with E-state index in [0.29, 0.717) is 15.2 Å². The fourth-order valence-electron chi connectivity index (χ4n) is 1.62. The van der Waals surface area contributed by atoms with E-state index in [9.17, 15) is 9.18 Å². The Kier molecular flexibility index (Phi) is 4.22. The second-order valence-corrected chi connectivity index (χ2v) is 5.35. The first-order valence-corrected chi connectivity index (χ1v) is 6.67. The summed E-state index contributed by atoms with van der Waals surface area (Å²) in [5, 5.41) is 3.28. The van der Waals surface area contributed by atoms with Gasteiger partial charge in [0, 0.05) is 20.7 Å². The van der Waals surface area contributed by atoms with Crippen LogP contribution in [0.4, 0.5) is 10.1 Å². The fraction of sp³-hybridized carbons (Fsp3) is 0.0714. The molecular weight excluding hydrogens is 333 g/mol. The first-order valence-electron chi connectivity index (χ1n) is 5.50. The second-order valence-electron chi connectivity index (χ2n) is 4.02. The number of nitrogens with one attached hydrogen (secondary N) is 1. The molecule has 2 nitrogen and oxygen atoms in total. The largest absolute Gasteiger partial charge is 0.322 e. The molecule has 0 saturated heterocycles. The predicted molar refractivity (Wildman–Crippen MR) is 78.2 cm³/mol. The molecule has 2 rings (SSSR count). The molecule has 0 saturated carbocycles. The second kappa shape index (κ2) is 5.72. The summed E-state index contributed by atoms with van der Waals surface area (Å²) in [5.74, 6) is -0.854. The molecule has 0 aliphatic heterocycles. The maximum absolute atomic E-state index is 13.2. The van der Waals surface area contributed by atoms with Gasteiger partial charge in [-0.05, 0) is 42.8 Å². The summed E-state index contributed by atoms with van der Waals surface area (Å²) in [6.45, 7) is 1.80. The molecule has 0 fully saturated rings. The molecule has 0 atom stereocenters. The van der Waals surface area contributed by atoms with Gasteiger partial charge in [-0.1, -0.05) is 33.6 Å². The number of amides is 1. The summed E-state index contributed by atoms with van der Waals surface area (Å²) in [6.07, 6.45) is 0. The van der Waals surface area contributed by atoms with Crippen molar-refractivity contribution >= 4 is 39.1 Å². The molecule has 19 heavy (non-hydrogen) atoms. The zero-order chi connectivity index (χ0) is 14.0. The van der Waals surface area contributed by atoms with Crippen LogP contribution in [0.3, 0.4) is 0 Å². The van der Waals surface area contributed by atoms with Crippen molar-refractivity contribution in [2.45, 2.75) is 6.92 Å². The van der Waals surface area contributed by atoms with E-state index in [2.05, 4.69) is 21.2 Å². The molecule has 2 aromatic carbocycles. The van der Waals surface area contributed by atoms with Gasteiger partial charge in [-0.3, -0.25) is 4.79 Å². The van der Waals surface area contributed by atoms with Gasteiger partial charge in [-0.25, -0.2) is 4.39 Å². The maximum atomic E-state index is 13.2. The Morgan fingerprint density at radius 1 is 1.32 bits per heavy atom. The summed E-state index contributed by atoms with van der Waals surface area (Å²) in [7, 11) is 0. The van der Waals surface area contributed by atoms with Crippen LogP contribution in [0.2, 0.25) is 5.02 Å². The Balaban J connectivity index is 2.28. The summed E-state index contributed by atoms with van der Waals surface area (Å²) in [6, 6.07) is 9.25. The van der Waals surface area contributed by atoms with Crippen molar-refractivity contribution in [2.24, 2.45) is 0 Å². The van der Waals surface area contributed by atoms with Crippen molar-refractivity contribution in [3.63, 3.8) is 0 Å². The van der Waals surface area contributed by atoms with Crippen LogP contribution in [0.1, 0.15) is 15.9 Å². The van der Waals surface area contributed by atoms with E-state index in [0.717, 1.165) is 5.56 Å². The number of benzene rings is 2. The van der Waals surface area contributed by atoms with Gasteiger partial charge in [0.2, 0.25) is 0 Å². The van der Waals surface area contributed by atoms with Crippen LogP contribution in [0, 0.1) is 12.7 Å². The first kappa shape index (κ1) is 14.0. The van der Waals surface area contributed by atoms with Gasteiger partial charge in [0.25, 0.3) is 5.91 Å². The van der Waals surface area contributed by atoms with E-state index < -0.39 is 5.82 Å².